The molecule has 1 fully saturated rings. The van der Waals surface area contributed by atoms with E-state index in [0.717, 1.165) is 16.4 Å². The molecule has 0 N–H and O–H groups in total. The standard InChI is InChI=1S/C23H26INO4/c1-23(2,3)29-22(27)25-14-4-5-19(25)15-28-20-12-8-17(9-13-20)21(26)16-6-10-18(24)11-7-16/h6-13,19H,4-5,14-15H2,1-3H3/t19-/m1/s1. The van der Waals surface area contributed by atoms with Crippen LogP contribution in [0.4, 0.5) is 4.79 Å². The summed E-state index contributed by atoms with van der Waals surface area (Å²) in [6.07, 6.45) is 1.54. The van der Waals surface area contributed by atoms with Crippen molar-refractivity contribution in [3.8, 4) is 5.75 Å². The topological polar surface area (TPSA) is 55.8 Å². The van der Waals surface area contributed by atoms with E-state index in [-0.39, 0.29) is 17.9 Å². The number of halogens is 1. The van der Waals surface area contributed by atoms with Crippen LogP contribution in [0.5, 0.6) is 5.75 Å². The van der Waals surface area contributed by atoms with Gasteiger partial charge in [-0.15, -0.1) is 0 Å². The molecule has 0 spiro atoms. The van der Waals surface area contributed by atoms with Crippen LogP contribution in [-0.2, 0) is 4.74 Å². The number of amides is 1. The fourth-order valence-corrected chi connectivity index (χ4v) is 3.59. The fraction of sp³-hybridized carbons (Fsp3) is 0.391. The van der Waals surface area contributed by atoms with Gasteiger partial charge in [-0.2, -0.15) is 0 Å². The highest BCUT2D eigenvalue weighted by Gasteiger charge is 2.32. The van der Waals surface area contributed by atoms with Crippen LogP contribution in [-0.4, -0.2) is 41.6 Å². The van der Waals surface area contributed by atoms with Crippen LogP contribution in [0.1, 0.15) is 49.5 Å². The molecule has 0 radical (unpaired) electrons. The molecule has 1 atom stereocenters. The smallest absolute Gasteiger partial charge is 0.410 e. The highest BCUT2D eigenvalue weighted by atomic mass is 127. The summed E-state index contributed by atoms with van der Waals surface area (Å²) in [6, 6.07) is 14.6. The molecule has 0 unspecified atom stereocenters. The summed E-state index contributed by atoms with van der Waals surface area (Å²) >= 11 is 2.22. The van der Waals surface area contributed by atoms with Gasteiger partial charge in [-0.1, -0.05) is 0 Å². The van der Waals surface area contributed by atoms with Crippen molar-refractivity contribution in [1.29, 1.82) is 0 Å². The summed E-state index contributed by atoms with van der Waals surface area (Å²) in [5.41, 5.74) is 0.776. The summed E-state index contributed by atoms with van der Waals surface area (Å²) in [7, 11) is 0. The van der Waals surface area contributed by atoms with Crippen molar-refractivity contribution < 1.29 is 19.1 Å². The minimum atomic E-state index is -0.509. The SMILES string of the molecule is CC(C)(C)OC(=O)N1CCC[C@@H]1COc1ccc(C(=O)c2ccc(I)cc2)cc1. The van der Waals surface area contributed by atoms with E-state index >= 15 is 0 Å². The molecule has 0 saturated carbocycles. The molecule has 3 rings (SSSR count). The van der Waals surface area contributed by atoms with Crippen LogP contribution in [0.15, 0.2) is 48.5 Å². The van der Waals surface area contributed by atoms with Gasteiger partial charge in [0.25, 0.3) is 0 Å². The molecular formula is C23H26INO4. The van der Waals surface area contributed by atoms with Gasteiger partial charge in [0.15, 0.2) is 5.78 Å². The lowest BCUT2D eigenvalue weighted by Gasteiger charge is -2.28. The van der Waals surface area contributed by atoms with Gasteiger partial charge in [0.1, 0.15) is 18.0 Å². The van der Waals surface area contributed by atoms with Gasteiger partial charge in [0.2, 0.25) is 0 Å². The maximum atomic E-state index is 12.6. The Hall–Kier alpha value is -2.09. The zero-order chi connectivity index (χ0) is 21.0. The molecule has 2 aromatic carbocycles. The molecule has 1 heterocycles. The van der Waals surface area contributed by atoms with Gasteiger partial charge in [0, 0.05) is 21.2 Å². The largest absolute Gasteiger partial charge is 0.491 e. The first-order chi connectivity index (χ1) is 13.7. The highest BCUT2D eigenvalue weighted by molar-refractivity contribution is 14.1. The molecule has 1 saturated heterocycles. The summed E-state index contributed by atoms with van der Waals surface area (Å²) in [5.74, 6) is 0.667. The van der Waals surface area contributed by atoms with Crippen molar-refractivity contribution in [2.45, 2.75) is 45.3 Å². The molecule has 2 aromatic rings. The molecule has 1 amide bonds. The molecule has 5 nitrogen and oxygen atoms in total. The fourth-order valence-electron chi connectivity index (χ4n) is 3.23. The Bertz CT molecular complexity index is 856. The Morgan fingerprint density at radius 2 is 1.62 bits per heavy atom. The molecule has 0 aliphatic carbocycles. The summed E-state index contributed by atoms with van der Waals surface area (Å²) in [4.78, 5) is 26.7. The highest BCUT2D eigenvalue weighted by Crippen LogP contribution is 2.23. The lowest BCUT2D eigenvalue weighted by Crippen LogP contribution is -2.42. The number of likely N-dealkylation sites (tertiary alicyclic amines) is 1. The van der Waals surface area contributed by atoms with Crippen molar-refractivity contribution in [1.82, 2.24) is 4.90 Å². The van der Waals surface area contributed by atoms with Crippen molar-refractivity contribution >= 4 is 34.5 Å². The van der Waals surface area contributed by atoms with E-state index in [4.69, 9.17) is 9.47 Å². The van der Waals surface area contributed by atoms with E-state index in [1.807, 2.05) is 45.0 Å². The van der Waals surface area contributed by atoms with Crippen molar-refractivity contribution in [2.75, 3.05) is 13.2 Å². The molecular weight excluding hydrogens is 481 g/mol. The number of nitrogens with zero attached hydrogens (tertiary/aromatic N) is 1. The molecule has 154 valence electrons. The summed E-state index contributed by atoms with van der Waals surface area (Å²) < 4.78 is 12.5. The number of benzene rings is 2. The lowest BCUT2D eigenvalue weighted by atomic mass is 10.0. The maximum Gasteiger partial charge on any atom is 0.410 e. The minimum Gasteiger partial charge on any atom is -0.491 e. The van der Waals surface area contributed by atoms with Gasteiger partial charge in [0.05, 0.1) is 6.04 Å². The second-order valence-corrected chi connectivity index (χ2v) is 9.39. The number of rotatable bonds is 5. The summed E-state index contributed by atoms with van der Waals surface area (Å²) in [6.45, 7) is 6.69. The van der Waals surface area contributed by atoms with Crippen LogP contribution >= 0.6 is 22.6 Å². The zero-order valence-corrected chi connectivity index (χ0v) is 19.1. The minimum absolute atomic E-state index is 0.00190. The molecule has 0 bridgehead atoms. The number of hydrogen-bond donors (Lipinski definition) is 0. The average Bonchev–Trinajstić information content (AvgIpc) is 3.14. The van der Waals surface area contributed by atoms with Crippen molar-refractivity contribution in [3.05, 3.63) is 63.2 Å². The predicted molar refractivity (Wildman–Crippen MR) is 120 cm³/mol. The van der Waals surface area contributed by atoms with Gasteiger partial charge in [-0.3, -0.25) is 4.79 Å². The second-order valence-electron chi connectivity index (χ2n) is 8.14. The number of ether oxygens (including phenoxy) is 2. The second kappa shape index (κ2) is 9.15. The molecule has 29 heavy (non-hydrogen) atoms. The van der Waals surface area contributed by atoms with Crippen LogP contribution < -0.4 is 4.74 Å². The van der Waals surface area contributed by atoms with Gasteiger partial charge >= 0.3 is 6.09 Å². The Labute approximate surface area is 185 Å². The lowest BCUT2D eigenvalue weighted by molar-refractivity contribution is 0.0187. The van der Waals surface area contributed by atoms with Crippen LogP contribution in [0, 0.1) is 3.57 Å². The average molecular weight is 507 g/mol. The Morgan fingerprint density at radius 1 is 1.03 bits per heavy atom. The Morgan fingerprint density at radius 3 is 2.21 bits per heavy atom. The third-order valence-electron chi connectivity index (χ3n) is 4.67. The zero-order valence-electron chi connectivity index (χ0n) is 17.0. The quantitative estimate of drug-likeness (QED) is 0.407. The van der Waals surface area contributed by atoms with Crippen molar-refractivity contribution in [2.24, 2.45) is 0 Å². The van der Waals surface area contributed by atoms with Crippen LogP contribution in [0.2, 0.25) is 0 Å². The number of ketones is 1. The summed E-state index contributed by atoms with van der Waals surface area (Å²) in [5, 5.41) is 0. The number of carbonyl (C=O) groups excluding carboxylic acids is 2. The van der Waals surface area contributed by atoms with Gasteiger partial charge in [-0.25, -0.2) is 4.79 Å². The van der Waals surface area contributed by atoms with Gasteiger partial charge < -0.3 is 14.4 Å². The molecule has 0 aromatic heterocycles. The molecule has 1 aliphatic heterocycles. The first kappa shape index (κ1) is 21.6. The molecule has 6 heteroatoms. The Kier molecular flexibility index (Phi) is 6.82. The van der Waals surface area contributed by atoms with E-state index in [1.165, 1.54) is 0 Å². The van der Waals surface area contributed by atoms with E-state index < -0.39 is 5.60 Å². The van der Waals surface area contributed by atoms with E-state index in [1.54, 1.807) is 29.2 Å². The first-order valence-electron chi connectivity index (χ1n) is 9.76. The third-order valence-corrected chi connectivity index (χ3v) is 5.39. The van der Waals surface area contributed by atoms with Crippen molar-refractivity contribution in [3.63, 3.8) is 0 Å². The number of hydrogen-bond acceptors (Lipinski definition) is 4. The van der Waals surface area contributed by atoms with Crippen LogP contribution in [0.25, 0.3) is 0 Å². The predicted octanol–water partition coefficient (Wildman–Crippen LogP) is 5.30. The van der Waals surface area contributed by atoms with E-state index in [9.17, 15) is 9.59 Å². The first-order valence-corrected chi connectivity index (χ1v) is 10.8. The van der Waals surface area contributed by atoms with E-state index in [0.29, 0.717) is 30.0 Å². The monoisotopic (exact) mass is 507 g/mol. The third kappa shape index (κ3) is 5.95. The van der Waals surface area contributed by atoms with Crippen LogP contribution in [0.3, 0.4) is 0 Å². The molecule has 1 aliphatic rings. The normalized spacial score (nSPS) is 16.6. The number of carbonyl (C=O) groups is 2. The Balaban J connectivity index is 1.58. The maximum absolute atomic E-state index is 12.6. The van der Waals surface area contributed by atoms with Gasteiger partial charge in [-0.05, 0) is 105 Å². The van der Waals surface area contributed by atoms with E-state index in [2.05, 4.69) is 22.6 Å².